The molecular weight excluding hydrogens is 468 g/mol. The molecule has 3 N–H and O–H groups in total. The van der Waals surface area contributed by atoms with Crippen molar-refractivity contribution in [3.05, 3.63) is 23.8 Å². The van der Waals surface area contributed by atoms with Gasteiger partial charge in [0, 0.05) is 26.2 Å². The Morgan fingerprint density at radius 3 is 2.48 bits per heavy atom. The zero-order valence-corrected chi connectivity index (χ0v) is 21.6. The Morgan fingerprint density at radius 1 is 1.21 bits per heavy atom. The van der Waals surface area contributed by atoms with Crippen molar-refractivity contribution in [2.24, 2.45) is 17.6 Å². The van der Waals surface area contributed by atoms with Crippen LogP contribution in [0.5, 0.6) is 11.5 Å². The fraction of sp³-hybridized carbons (Fsp3) is 0.739. The second kappa shape index (κ2) is 13.1. The van der Waals surface area contributed by atoms with E-state index in [9.17, 15) is 13.5 Å². The minimum atomic E-state index is -3.56. The van der Waals surface area contributed by atoms with Crippen molar-refractivity contribution in [2.45, 2.75) is 63.3 Å². The lowest BCUT2D eigenvalue weighted by Gasteiger charge is -2.28. The van der Waals surface area contributed by atoms with E-state index in [4.69, 9.17) is 31.7 Å². The first-order chi connectivity index (χ1) is 15.6. The summed E-state index contributed by atoms with van der Waals surface area (Å²) in [7, 11) is -0.294. The van der Waals surface area contributed by atoms with Crippen LogP contribution in [0.2, 0.25) is 0 Å². The van der Waals surface area contributed by atoms with Gasteiger partial charge in [-0.15, -0.1) is 3.82 Å². The van der Waals surface area contributed by atoms with Gasteiger partial charge in [-0.05, 0) is 67.0 Å². The average Bonchev–Trinajstić information content (AvgIpc) is 3.62. The van der Waals surface area contributed by atoms with Crippen LogP contribution in [-0.4, -0.2) is 68.7 Å². The fourth-order valence-corrected chi connectivity index (χ4v) is 5.56. The molecule has 0 spiro atoms. The maximum Gasteiger partial charge on any atom is 0.230 e. The molecule has 2 rings (SSSR count). The molecule has 0 bridgehead atoms. The molecule has 3 atom stereocenters. The summed E-state index contributed by atoms with van der Waals surface area (Å²) in [4.78, 5) is 0. The molecule has 0 radical (unpaired) electrons. The zero-order valence-electron chi connectivity index (χ0n) is 20.1. The monoisotopic (exact) mass is 506 g/mol. The highest BCUT2D eigenvalue weighted by atomic mass is 35.5. The van der Waals surface area contributed by atoms with Gasteiger partial charge >= 0.3 is 0 Å². The number of hydrogen-bond donors (Lipinski definition) is 2. The number of nitrogens with zero attached hydrogens (tertiary/aromatic N) is 1. The summed E-state index contributed by atoms with van der Waals surface area (Å²) >= 11 is 5.98. The number of sulfonamides is 1. The predicted molar refractivity (Wildman–Crippen MR) is 130 cm³/mol. The van der Waals surface area contributed by atoms with Gasteiger partial charge in [-0.3, -0.25) is 0 Å². The lowest BCUT2D eigenvalue weighted by molar-refractivity contribution is 0.118. The second-order valence-electron chi connectivity index (χ2n) is 9.07. The molecule has 0 aliphatic heterocycles. The van der Waals surface area contributed by atoms with Gasteiger partial charge in [0.25, 0.3) is 0 Å². The lowest BCUT2D eigenvalue weighted by atomic mass is 9.83. The molecule has 0 heterocycles. The lowest BCUT2D eigenvalue weighted by Crippen LogP contribution is -2.44. The van der Waals surface area contributed by atoms with Crippen LogP contribution in [0, 0.1) is 11.8 Å². The van der Waals surface area contributed by atoms with Crippen molar-refractivity contribution >= 4 is 21.8 Å². The van der Waals surface area contributed by atoms with Crippen molar-refractivity contribution in [3.63, 3.8) is 0 Å². The number of ether oxygens (including phenoxy) is 3. The quantitative estimate of drug-likeness (QED) is 0.262. The summed E-state index contributed by atoms with van der Waals surface area (Å²) in [5, 5.41) is 10.1. The first-order valence-corrected chi connectivity index (χ1v) is 13.3. The highest BCUT2D eigenvalue weighted by Crippen LogP contribution is 2.33. The summed E-state index contributed by atoms with van der Waals surface area (Å²) in [5.41, 5.74) is 7.35. The second-order valence-corrected chi connectivity index (χ2v) is 11.8. The fourth-order valence-electron chi connectivity index (χ4n) is 3.66. The van der Waals surface area contributed by atoms with Crippen LogP contribution in [0.4, 0.5) is 0 Å². The molecule has 1 aromatic rings. The largest absolute Gasteiger partial charge is 0.493 e. The summed E-state index contributed by atoms with van der Waals surface area (Å²) in [5.74, 6) is 1.83. The van der Waals surface area contributed by atoms with Gasteiger partial charge in [-0.25, -0.2) is 8.42 Å². The average molecular weight is 507 g/mol. The molecule has 10 heteroatoms. The van der Waals surface area contributed by atoms with Crippen LogP contribution in [-0.2, 0) is 21.2 Å². The van der Waals surface area contributed by atoms with Gasteiger partial charge in [0.05, 0.1) is 31.6 Å². The Morgan fingerprint density at radius 2 is 1.91 bits per heavy atom. The molecule has 8 nitrogen and oxygen atoms in total. The Labute approximate surface area is 203 Å². The normalized spacial score (nSPS) is 17.2. The molecule has 0 aromatic heterocycles. The van der Waals surface area contributed by atoms with Crippen LogP contribution in [0.15, 0.2) is 18.2 Å². The van der Waals surface area contributed by atoms with Gasteiger partial charge in [0.15, 0.2) is 11.5 Å². The number of hydrogen-bond acceptors (Lipinski definition) is 7. The van der Waals surface area contributed by atoms with Gasteiger partial charge in [0.2, 0.25) is 10.0 Å². The molecular formula is C23H39ClN2O6S. The summed E-state index contributed by atoms with van der Waals surface area (Å²) in [6.07, 6.45) is 2.23. The SMILES string of the molecule is COCCCOc1cc(C[C@@H](C[C@H](N)[C@@H](O)CN(Cl)S(=O)(=O)C2CC2)C(C)C)ccc1OC. The number of aliphatic hydroxyl groups excluding tert-OH is 1. The molecule has 0 saturated heterocycles. The number of nitrogens with two attached hydrogens (primary N) is 1. The summed E-state index contributed by atoms with van der Waals surface area (Å²) in [6.45, 7) is 5.16. The number of halogens is 1. The summed E-state index contributed by atoms with van der Waals surface area (Å²) < 4.78 is 41.6. The van der Waals surface area contributed by atoms with Gasteiger partial charge < -0.3 is 25.1 Å². The van der Waals surface area contributed by atoms with Crippen molar-refractivity contribution in [2.75, 3.05) is 34.0 Å². The van der Waals surface area contributed by atoms with E-state index in [1.54, 1.807) is 14.2 Å². The Kier molecular flexibility index (Phi) is 11.2. The molecule has 0 unspecified atom stereocenters. The highest BCUT2D eigenvalue weighted by molar-refractivity contribution is 7.90. The van der Waals surface area contributed by atoms with Crippen molar-refractivity contribution in [3.8, 4) is 11.5 Å². The molecule has 1 aliphatic rings. The smallest absolute Gasteiger partial charge is 0.230 e. The first-order valence-electron chi connectivity index (χ1n) is 11.5. The number of aliphatic hydroxyl groups is 1. The molecule has 1 aromatic carbocycles. The van der Waals surface area contributed by atoms with E-state index >= 15 is 0 Å². The number of rotatable bonds is 16. The van der Waals surface area contributed by atoms with E-state index in [1.807, 2.05) is 18.2 Å². The maximum atomic E-state index is 12.2. The van der Waals surface area contributed by atoms with Crippen LogP contribution in [0.25, 0.3) is 0 Å². The summed E-state index contributed by atoms with van der Waals surface area (Å²) in [6, 6.07) is 5.27. The Balaban J connectivity index is 2.00. The Hall–Kier alpha value is -1.10. The van der Waals surface area contributed by atoms with Crippen molar-refractivity contribution in [1.29, 1.82) is 0 Å². The van der Waals surface area contributed by atoms with E-state index < -0.39 is 27.4 Å². The minimum absolute atomic E-state index is 0.174. The standard InChI is InChI=1S/C23H39ClN2O6S/c1-16(2)18(14-20(25)21(27)15-26(24)33(28,29)19-7-8-19)12-17-6-9-22(31-4)23(13-17)32-11-5-10-30-3/h6,9,13,16,18-21,27H,5,7-8,10-12,14-15,25H2,1-4H3/t18-,20-,21-/m0/s1. The minimum Gasteiger partial charge on any atom is -0.493 e. The van der Waals surface area contributed by atoms with Crippen LogP contribution < -0.4 is 15.2 Å². The molecule has 1 aliphatic carbocycles. The maximum absolute atomic E-state index is 12.2. The van der Waals surface area contributed by atoms with E-state index in [0.717, 1.165) is 22.2 Å². The third-order valence-electron chi connectivity index (χ3n) is 6.04. The van der Waals surface area contributed by atoms with E-state index in [2.05, 4.69) is 13.8 Å². The van der Waals surface area contributed by atoms with E-state index in [1.165, 1.54) is 0 Å². The highest BCUT2D eigenvalue weighted by Gasteiger charge is 2.40. The van der Waals surface area contributed by atoms with E-state index in [-0.39, 0.29) is 12.5 Å². The third kappa shape index (κ3) is 8.56. The number of benzene rings is 1. The van der Waals surface area contributed by atoms with Crippen molar-refractivity contribution in [1.82, 2.24) is 3.82 Å². The predicted octanol–water partition coefficient (Wildman–Crippen LogP) is 2.95. The molecule has 1 saturated carbocycles. The van der Waals surface area contributed by atoms with Crippen LogP contribution >= 0.6 is 11.8 Å². The zero-order chi connectivity index (χ0) is 24.6. The molecule has 33 heavy (non-hydrogen) atoms. The van der Waals surface area contributed by atoms with Gasteiger partial charge in [-0.1, -0.05) is 19.9 Å². The molecule has 190 valence electrons. The number of methoxy groups -OCH3 is 2. The Bertz CT molecular complexity index is 834. The first kappa shape index (κ1) is 28.1. The molecule has 1 fully saturated rings. The van der Waals surface area contributed by atoms with Crippen LogP contribution in [0.1, 0.15) is 45.1 Å². The van der Waals surface area contributed by atoms with Gasteiger partial charge in [0.1, 0.15) is 0 Å². The molecule has 0 amide bonds. The van der Waals surface area contributed by atoms with Gasteiger partial charge in [-0.2, -0.15) is 0 Å². The third-order valence-corrected chi connectivity index (χ3v) is 8.77. The topological polar surface area (TPSA) is 111 Å². The van der Waals surface area contributed by atoms with Crippen molar-refractivity contribution < 1.29 is 27.7 Å². The van der Waals surface area contributed by atoms with Crippen LogP contribution in [0.3, 0.4) is 0 Å². The van der Waals surface area contributed by atoms with E-state index in [0.29, 0.717) is 49.9 Å².